The Balaban J connectivity index is 2.34. The van der Waals surface area contributed by atoms with Crippen molar-refractivity contribution in [1.29, 1.82) is 0 Å². The summed E-state index contributed by atoms with van der Waals surface area (Å²) in [6.07, 6.45) is 2.09. The third-order valence-electron chi connectivity index (χ3n) is 2.18. The number of carbonyl (C=O) groups excluding carboxylic acids is 1. The fraction of sp³-hybridized carbons (Fsp3) is 0.455. The van der Waals surface area contributed by atoms with E-state index in [-0.39, 0.29) is 12.2 Å². The molecule has 17 heavy (non-hydrogen) atoms. The molecule has 6 nitrogen and oxygen atoms in total. The van der Waals surface area contributed by atoms with Crippen LogP contribution in [0.5, 0.6) is 0 Å². The summed E-state index contributed by atoms with van der Waals surface area (Å²) in [4.78, 5) is 21.5. The van der Waals surface area contributed by atoms with Crippen LogP contribution in [-0.4, -0.2) is 30.7 Å². The molecule has 1 aromatic heterocycles. The third-order valence-corrected chi connectivity index (χ3v) is 2.18. The van der Waals surface area contributed by atoms with Crippen molar-refractivity contribution < 1.29 is 23.8 Å². The van der Waals surface area contributed by atoms with E-state index in [0.717, 1.165) is 0 Å². The molecule has 0 saturated carbocycles. The number of carbonyl (C=O) groups is 2. The minimum atomic E-state index is -0.814. The van der Waals surface area contributed by atoms with Gasteiger partial charge in [-0.05, 0) is 19.0 Å². The van der Waals surface area contributed by atoms with E-state index in [1.54, 1.807) is 6.07 Å². The number of hydrogen-bond acceptors (Lipinski definition) is 5. The predicted molar refractivity (Wildman–Crippen MR) is 58.6 cm³/mol. The van der Waals surface area contributed by atoms with E-state index in [1.165, 1.54) is 13.4 Å². The predicted octanol–water partition coefficient (Wildman–Crippen LogP) is 1.02. The van der Waals surface area contributed by atoms with Crippen LogP contribution in [0.15, 0.2) is 16.7 Å². The maximum absolute atomic E-state index is 11.3. The number of rotatable bonds is 7. The number of aliphatic carboxylic acids is 1. The van der Waals surface area contributed by atoms with E-state index < -0.39 is 11.9 Å². The van der Waals surface area contributed by atoms with Gasteiger partial charge in [0.2, 0.25) is 5.76 Å². The first-order valence-electron chi connectivity index (χ1n) is 5.22. The van der Waals surface area contributed by atoms with E-state index in [9.17, 15) is 9.59 Å². The van der Waals surface area contributed by atoms with Gasteiger partial charge in [-0.3, -0.25) is 4.79 Å². The van der Waals surface area contributed by atoms with Crippen LogP contribution in [0.4, 0.5) is 0 Å². The average Bonchev–Trinajstić information content (AvgIpc) is 2.75. The van der Waals surface area contributed by atoms with Gasteiger partial charge in [0, 0.05) is 18.5 Å². The van der Waals surface area contributed by atoms with Gasteiger partial charge < -0.3 is 19.6 Å². The van der Waals surface area contributed by atoms with Crippen molar-refractivity contribution in [3.05, 3.63) is 23.7 Å². The molecule has 6 heteroatoms. The van der Waals surface area contributed by atoms with Crippen molar-refractivity contribution in [2.75, 3.05) is 13.7 Å². The molecule has 0 aliphatic carbocycles. The van der Waals surface area contributed by atoms with E-state index >= 15 is 0 Å². The second kappa shape index (κ2) is 6.70. The lowest BCUT2D eigenvalue weighted by molar-refractivity contribution is -0.137. The molecule has 0 aliphatic rings. The summed E-state index contributed by atoms with van der Waals surface area (Å²) in [5.41, 5.74) is 0.701. The lowest BCUT2D eigenvalue weighted by atomic mass is 10.2. The van der Waals surface area contributed by atoms with Gasteiger partial charge in [-0.15, -0.1) is 0 Å². The fourth-order valence-electron chi connectivity index (χ4n) is 1.33. The van der Waals surface area contributed by atoms with Gasteiger partial charge in [0.1, 0.15) is 0 Å². The van der Waals surface area contributed by atoms with Crippen molar-refractivity contribution in [2.45, 2.75) is 19.4 Å². The zero-order chi connectivity index (χ0) is 12.7. The first-order chi connectivity index (χ1) is 8.15. The van der Waals surface area contributed by atoms with Crippen LogP contribution < -0.4 is 5.32 Å². The molecule has 0 aromatic carbocycles. The van der Waals surface area contributed by atoms with Gasteiger partial charge in [0.05, 0.1) is 13.4 Å². The third kappa shape index (κ3) is 4.28. The summed E-state index contributed by atoms with van der Waals surface area (Å²) in [7, 11) is 1.29. The van der Waals surface area contributed by atoms with E-state index in [0.29, 0.717) is 25.1 Å². The summed E-state index contributed by atoms with van der Waals surface area (Å²) in [5, 5.41) is 11.5. The number of hydrogen-bond donors (Lipinski definition) is 2. The van der Waals surface area contributed by atoms with Crippen LogP contribution in [0.1, 0.15) is 29.0 Å². The van der Waals surface area contributed by atoms with Gasteiger partial charge in [-0.25, -0.2) is 4.79 Å². The number of carboxylic acids is 1. The molecule has 0 saturated heterocycles. The summed E-state index contributed by atoms with van der Waals surface area (Å²) in [6, 6.07) is 1.68. The Morgan fingerprint density at radius 3 is 2.94 bits per heavy atom. The average molecular weight is 241 g/mol. The van der Waals surface area contributed by atoms with Crippen molar-refractivity contribution >= 4 is 11.9 Å². The summed E-state index contributed by atoms with van der Waals surface area (Å²) < 4.78 is 9.56. The number of furan rings is 1. The molecule has 0 aliphatic heterocycles. The number of esters is 1. The van der Waals surface area contributed by atoms with Crippen molar-refractivity contribution in [1.82, 2.24) is 5.32 Å². The summed E-state index contributed by atoms with van der Waals surface area (Å²) in [5.74, 6) is -1.15. The fourth-order valence-corrected chi connectivity index (χ4v) is 1.33. The number of carboxylic acid groups (broad SMARTS) is 1. The van der Waals surface area contributed by atoms with Crippen LogP contribution in [-0.2, 0) is 16.1 Å². The van der Waals surface area contributed by atoms with E-state index in [1.807, 2.05) is 0 Å². The highest BCUT2D eigenvalue weighted by Gasteiger charge is 2.14. The summed E-state index contributed by atoms with van der Waals surface area (Å²) >= 11 is 0. The van der Waals surface area contributed by atoms with Gasteiger partial charge in [0.15, 0.2) is 0 Å². The van der Waals surface area contributed by atoms with Crippen molar-refractivity contribution in [2.24, 2.45) is 0 Å². The lowest BCUT2D eigenvalue weighted by Gasteiger charge is -2.03. The van der Waals surface area contributed by atoms with Gasteiger partial charge in [0.25, 0.3) is 0 Å². The van der Waals surface area contributed by atoms with Gasteiger partial charge >= 0.3 is 11.9 Å². The molecule has 0 unspecified atom stereocenters. The highest BCUT2D eigenvalue weighted by Crippen LogP contribution is 2.11. The minimum absolute atomic E-state index is 0.127. The molecule has 1 rings (SSSR count). The number of nitrogens with one attached hydrogen (secondary N) is 1. The highest BCUT2D eigenvalue weighted by atomic mass is 16.5. The Hall–Kier alpha value is -1.82. The SMILES string of the molecule is COC(=O)c1occc1CNCCCC(=O)O. The highest BCUT2D eigenvalue weighted by molar-refractivity contribution is 5.87. The molecule has 1 heterocycles. The number of methoxy groups -OCH3 is 1. The zero-order valence-corrected chi connectivity index (χ0v) is 9.56. The number of ether oxygens (including phenoxy) is 1. The molecule has 0 amide bonds. The molecule has 2 N–H and O–H groups in total. The Morgan fingerprint density at radius 2 is 2.29 bits per heavy atom. The van der Waals surface area contributed by atoms with Crippen LogP contribution in [0, 0.1) is 0 Å². The second-order valence-electron chi connectivity index (χ2n) is 3.44. The van der Waals surface area contributed by atoms with Crippen LogP contribution in [0.25, 0.3) is 0 Å². The van der Waals surface area contributed by atoms with Crippen LogP contribution in [0.2, 0.25) is 0 Å². The summed E-state index contributed by atoms with van der Waals surface area (Å²) in [6.45, 7) is 1.01. The smallest absolute Gasteiger partial charge is 0.374 e. The Labute approximate surface area is 98.6 Å². The Kier molecular flexibility index (Phi) is 5.22. The first-order valence-corrected chi connectivity index (χ1v) is 5.22. The molecule has 0 atom stereocenters. The second-order valence-corrected chi connectivity index (χ2v) is 3.44. The largest absolute Gasteiger partial charge is 0.481 e. The minimum Gasteiger partial charge on any atom is -0.481 e. The molecule has 94 valence electrons. The maximum Gasteiger partial charge on any atom is 0.374 e. The van der Waals surface area contributed by atoms with Crippen molar-refractivity contribution in [3.63, 3.8) is 0 Å². The molecule has 1 aromatic rings. The Morgan fingerprint density at radius 1 is 1.53 bits per heavy atom. The normalized spacial score (nSPS) is 10.2. The molecular formula is C11H15NO5. The van der Waals surface area contributed by atoms with Gasteiger partial charge in [-0.1, -0.05) is 0 Å². The van der Waals surface area contributed by atoms with Crippen LogP contribution in [0.3, 0.4) is 0 Å². The standard InChI is InChI=1S/C11H15NO5/c1-16-11(15)10-8(4-6-17-10)7-12-5-2-3-9(13)14/h4,6,12H,2-3,5,7H2,1H3,(H,13,14). The Bertz CT molecular complexity index is 385. The molecule has 0 spiro atoms. The maximum atomic E-state index is 11.3. The van der Waals surface area contributed by atoms with E-state index in [2.05, 4.69) is 10.1 Å². The topological polar surface area (TPSA) is 88.8 Å². The van der Waals surface area contributed by atoms with E-state index in [4.69, 9.17) is 9.52 Å². The first kappa shape index (κ1) is 13.2. The quantitative estimate of drug-likeness (QED) is 0.547. The molecule has 0 bridgehead atoms. The molecule has 0 radical (unpaired) electrons. The van der Waals surface area contributed by atoms with Crippen molar-refractivity contribution in [3.8, 4) is 0 Å². The lowest BCUT2D eigenvalue weighted by Crippen LogP contribution is -2.17. The van der Waals surface area contributed by atoms with Gasteiger partial charge in [-0.2, -0.15) is 0 Å². The molecular weight excluding hydrogens is 226 g/mol. The monoisotopic (exact) mass is 241 g/mol. The molecule has 0 fully saturated rings. The van der Waals surface area contributed by atoms with Crippen LogP contribution >= 0.6 is 0 Å². The zero-order valence-electron chi connectivity index (χ0n) is 9.56.